The van der Waals surface area contributed by atoms with E-state index in [2.05, 4.69) is 0 Å². The van der Waals surface area contributed by atoms with Gasteiger partial charge in [0.15, 0.2) is 0 Å². The maximum Gasteiger partial charge on any atom is 0.255 e. The Bertz CT molecular complexity index is 489. The number of halogens is 1. The Kier molecular flexibility index (Phi) is 5.18. The lowest BCUT2D eigenvalue weighted by molar-refractivity contribution is -0.118. The second-order valence-electron chi connectivity index (χ2n) is 4.75. The molecule has 0 spiro atoms. The van der Waals surface area contributed by atoms with Crippen LogP contribution >= 0.6 is 11.6 Å². The number of carbonyl (C=O) groups excluding carboxylic acids is 2. The summed E-state index contributed by atoms with van der Waals surface area (Å²) in [5, 5.41) is 0.200. The first-order valence-electron chi connectivity index (χ1n) is 5.94. The van der Waals surface area contributed by atoms with E-state index in [1.54, 1.807) is 18.2 Å². The zero-order chi connectivity index (χ0) is 14.6. The van der Waals surface area contributed by atoms with Crippen molar-refractivity contribution in [3.8, 4) is 0 Å². The van der Waals surface area contributed by atoms with Gasteiger partial charge in [0.25, 0.3) is 5.91 Å². The second kappa shape index (κ2) is 6.43. The molecular formula is C13H18ClN3O2. The van der Waals surface area contributed by atoms with Gasteiger partial charge in [0.05, 0.1) is 22.8 Å². The second-order valence-corrected chi connectivity index (χ2v) is 5.13. The van der Waals surface area contributed by atoms with Gasteiger partial charge in [-0.2, -0.15) is 0 Å². The summed E-state index contributed by atoms with van der Waals surface area (Å²) >= 11 is 6.02. The zero-order valence-corrected chi connectivity index (χ0v) is 11.8. The molecule has 0 saturated heterocycles. The summed E-state index contributed by atoms with van der Waals surface area (Å²) in [5.74, 6) is -0.693. The molecule has 19 heavy (non-hydrogen) atoms. The average molecular weight is 284 g/mol. The van der Waals surface area contributed by atoms with E-state index in [1.807, 2.05) is 13.8 Å². The Morgan fingerprint density at radius 2 is 2.00 bits per heavy atom. The molecule has 2 amide bonds. The van der Waals surface area contributed by atoms with Crippen molar-refractivity contribution in [3.05, 3.63) is 28.8 Å². The Hall–Kier alpha value is -1.75. The third kappa shape index (κ3) is 4.13. The fourth-order valence-electron chi connectivity index (χ4n) is 1.73. The summed E-state index contributed by atoms with van der Waals surface area (Å²) in [6.07, 6.45) is 0. The van der Waals surface area contributed by atoms with Crippen LogP contribution in [0.5, 0.6) is 0 Å². The largest absolute Gasteiger partial charge is 0.398 e. The number of nitrogens with zero attached hydrogens (tertiary/aromatic N) is 1. The van der Waals surface area contributed by atoms with Crippen molar-refractivity contribution < 1.29 is 9.59 Å². The smallest absolute Gasteiger partial charge is 0.255 e. The molecule has 0 fully saturated rings. The summed E-state index contributed by atoms with van der Waals surface area (Å²) in [4.78, 5) is 24.8. The van der Waals surface area contributed by atoms with Crippen LogP contribution < -0.4 is 11.5 Å². The summed E-state index contributed by atoms with van der Waals surface area (Å²) in [7, 11) is 0. The highest BCUT2D eigenvalue weighted by atomic mass is 35.5. The predicted octanol–water partition coefficient (Wildman–Crippen LogP) is 1.51. The van der Waals surface area contributed by atoms with Crippen molar-refractivity contribution in [2.75, 3.05) is 18.8 Å². The lowest BCUT2D eigenvalue weighted by atomic mass is 10.1. The number of benzene rings is 1. The van der Waals surface area contributed by atoms with Gasteiger partial charge >= 0.3 is 0 Å². The van der Waals surface area contributed by atoms with Crippen LogP contribution in [0.25, 0.3) is 0 Å². The Morgan fingerprint density at radius 3 is 2.53 bits per heavy atom. The summed E-state index contributed by atoms with van der Waals surface area (Å²) < 4.78 is 0. The van der Waals surface area contributed by atoms with Crippen LogP contribution in [-0.4, -0.2) is 29.8 Å². The standard InChI is InChI=1S/C13H18ClN3O2/c1-8(2)6-17(7-11(16)18)13(19)9-4-3-5-10(15)12(9)14/h3-5,8H,6-7,15H2,1-2H3,(H2,16,18). The molecular weight excluding hydrogens is 266 g/mol. The van der Waals surface area contributed by atoms with Crippen LogP contribution in [0, 0.1) is 5.92 Å². The molecule has 0 heterocycles. The normalized spacial score (nSPS) is 10.5. The molecule has 104 valence electrons. The molecule has 0 unspecified atom stereocenters. The molecule has 0 radical (unpaired) electrons. The third-order valence-corrected chi connectivity index (χ3v) is 2.90. The van der Waals surface area contributed by atoms with Gasteiger partial charge in [-0.05, 0) is 18.1 Å². The molecule has 4 N–H and O–H groups in total. The van der Waals surface area contributed by atoms with Gasteiger partial charge < -0.3 is 16.4 Å². The van der Waals surface area contributed by atoms with E-state index in [4.69, 9.17) is 23.1 Å². The number of carbonyl (C=O) groups is 2. The molecule has 0 saturated carbocycles. The van der Waals surface area contributed by atoms with Crippen molar-refractivity contribution in [1.82, 2.24) is 4.90 Å². The Morgan fingerprint density at radius 1 is 1.37 bits per heavy atom. The van der Waals surface area contributed by atoms with Crippen LogP contribution in [-0.2, 0) is 4.79 Å². The van der Waals surface area contributed by atoms with E-state index in [-0.39, 0.29) is 29.0 Å². The van der Waals surface area contributed by atoms with E-state index in [9.17, 15) is 9.59 Å². The number of primary amides is 1. The van der Waals surface area contributed by atoms with Gasteiger partial charge in [-0.25, -0.2) is 0 Å². The topological polar surface area (TPSA) is 89.4 Å². The van der Waals surface area contributed by atoms with E-state index in [1.165, 1.54) is 4.90 Å². The summed E-state index contributed by atoms with van der Waals surface area (Å²) in [6.45, 7) is 4.18. The maximum absolute atomic E-state index is 12.4. The molecule has 0 aliphatic heterocycles. The molecule has 5 nitrogen and oxygen atoms in total. The summed E-state index contributed by atoms with van der Waals surface area (Å²) in [5.41, 5.74) is 11.4. The fraction of sp³-hybridized carbons (Fsp3) is 0.385. The molecule has 0 aliphatic rings. The quantitative estimate of drug-likeness (QED) is 0.803. The van der Waals surface area contributed by atoms with Gasteiger partial charge in [-0.3, -0.25) is 9.59 Å². The van der Waals surface area contributed by atoms with Gasteiger partial charge in [-0.1, -0.05) is 31.5 Å². The van der Waals surface area contributed by atoms with Crippen molar-refractivity contribution in [2.24, 2.45) is 11.7 Å². The number of amides is 2. The van der Waals surface area contributed by atoms with Gasteiger partial charge in [0.2, 0.25) is 5.91 Å². The first-order chi connectivity index (χ1) is 8.82. The number of rotatable bonds is 5. The highest BCUT2D eigenvalue weighted by Gasteiger charge is 2.21. The fourth-order valence-corrected chi connectivity index (χ4v) is 1.94. The molecule has 0 aromatic heterocycles. The van der Waals surface area contributed by atoms with Crippen LogP contribution in [0.3, 0.4) is 0 Å². The van der Waals surface area contributed by atoms with Crippen LogP contribution in [0.15, 0.2) is 18.2 Å². The minimum absolute atomic E-state index is 0.137. The Balaban J connectivity index is 3.04. The van der Waals surface area contributed by atoms with E-state index < -0.39 is 5.91 Å². The maximum atomic E-state index is 12.4. The monoisotopic (exact) mass is 283 g/mol. The Labute approximate surface area is 117 Å². The van der Waals surface area contributed by atoms with E-state index >= 15 is 0 Å². The van der Waals surface area contributed by atoms with Crippen molar-refractivity contribution in [2.45, 2.75) is 13.8 Å². The molecule has 1 aromatic rings. The number of nitrogen functional groups attached to an aromatic ring is 1. The number of hydrogen-bond acceptors (Lipinski definition) is 3. The highest BCUT2D eigenvalue weighted by molar-refractivity contribution is 6.36. The van der Waals surface area contributed by atoms with Crippen molar-refractivity contribution in [1.29, 1.82) is 0 Å². The molecule has 6 heteroatoms. The van der Waals surface area contributed by atoms with E-state index in [0.29, 0.717) is 12.2 Å². The third-order valence-electron chi connectivity index (χ3n) is 2.48. The molecule has 1 aromatic carbocycles. The minimum Gasteiger partial charge on any atom is -0.398 e. The molecule has 0 atom stereocenters. The lowest BCUT2D eigenvalue weighted by Gasteiger charge is -2.23. The molecule has 1 rings (SSSR count). The van der Waals surface area contributed by atoms with Gasteiger partial charge in [0, 0.05) is 6.54 Å². The zero-order valence-electron chi connectivity index (χ0n) is 11.0. The molecule has 0 bridgehead atoms. The van der Waals surface area contributed by atoms with Crippen LogP contribution in [0.4, 0.5) is 5.69 Å². The first-order valence-corrected chi connectivity index (χ1v) is 6.32. The van der Waals surface area contributed by atoms with E-state index in [0.717, 1.165) is 0 Å². The van der Waals surface area contributed by atoms with Crippen molar-refractivity contribution in [3.63, 3.8) is 0 Å². The predicted molar refractivity (Wildman–Crippen MR) is 75.8 cm³/mol. The number of anilines is 1. The van der Waals surface area contributed by atoms with Gasteiger partial charge in [-0.15, -0.1) is 0 Å². The number of hydrogen-bond donors (Lipinski definition) is 2. The first kappa shape index (κ1) is 15.3. The van der Waals surface area contributed by atoms with Crippen molar-refractivity contribution >= 4 is 29.1 Å². The van der Waals surface area contributed by atoms with Crippen LogP contribution in [0.2, 0.25) is 5.02 Å². The highest BCUT2D eigenvalue weighted by Crippen LogP contribution is 2.24. The average Bonchev–Trinajstić information content (AvgIpc) is 2.30. The summed E-state index contributed by atoms with van der Waals surface area (Å²) in [6, 6.07) is 4.83. The van der Waals surface area contributed by atoms with Crippen LogP contribution in [0.1, 0.15) is 24.2 Å². The van der Waals surface area contributed by atoms with Gasteiger partial charge in [0.1, 0.15) is 0 Å². The molecule has 0 aliphatic carbocycles. The number of nitrogens with two attached hydrogens (primary N) is 2. The lowest BCUT2D eigenvalue weighted by Crippen LogP contribution is -2.40. The SMILES string of the molecule is CC(C)CN(CC(N)=O)C(=O)c1cccc(N)c1Cl. The minimum atomic E-state index is -0.561.